The molecule has 0 aliphatic rings. The number of hydrazone groups is 1. The highest BCUT2D eigenvalue weighted by Gasteiger charge is 2.03. The average molecular weight is 421 g/mol. The molecule has 0 aliphatic carbocycles. The molecule has 0 heterocycles. The Morgan fingerprint density at radius 1 is 1.20 bits per heavy atom. The molecule has 0 atom stereocenters. The Balaban J connectivity index is 1.73. The van der Waals surface area contributed by atoms with Gasteiger partial charge in [-0.1, -0.05) is 34.1 Å². The number of thioether (sulfide) groups is 1. The van der Waals surface area contributed by atoms with E-state index in [2.05, 4.69) is 26.5 Å². The van der Waals surface area contributed by atoms with Gasteiger partial charge in [-0.25, -0.2) is 5.43 Å². The van der Waals surface area contributed by atoms with Crippen molar-refractivity contribution in [2.75, 3.05) is 5.75 Å². The summed E-state index contributed by atoms with van der Waals surface area (Å²) in [5, 5.41) is 3.92. The predicted molar refractivity (Wildman–Crippen MR) is 104 cm³/mol. The summed E-state index contributed by atoms with van der Waals surface area (Å²) in [5.74, 6) is 1.01. The standard InChI is InChI=1S/C18H17BrN2O3S/c1-13(22)24-16-8-6-14(7-9-16)10-20-21-18(23)12-25-11-15-4-2-3-5-17(15)19/h2-10H,11-12H2,1H3,(H,21,23)/b20-10-. The van der Waals surface area contributed by atoms with E-state index in [1.54, 1.807) is 24.3 Å². The number of amides is 1. The molecule has 7 heteroatoms. The Kier molecular flexibility index (Phi) is 7.69. The van der Waals surface area contributed by atoms with Crippen LogP contribution in [0.15, 0.2) is 58.1 Å². The maximum atomic E-state index is 11.8. The zero-order valence-electron chi connectivity index (χ0n) is 13.6. The number of carbonyl (C=O) groups is 2. The first-order valence-corrected chi connectivity index (χ1v) is 9.41. The molecule has 0 saturated heterocycles. The van der Waals surface area contributed by atoms with Gasteiger partial charge in [0.25, 0.3) is 0 Å². The summed E-state index contributed by atoms with van der Waals surface area (Å²) in [6, 6.07) is 14.7. The van der Waals surface area contributed by atoms with Crippen molar-refractivity contribution >= 4 is 45.8 Å². The van der Waals surface area contributed by atoms with Gasteiger partial charge < -0.3 is 4.74 Å². The third-order valence-corrected chi connectivity index (χ3v) is 4.75. The SMILES string of the molecule is CC(=O)Oc1ccc(/C=N\NC(=O)CSCc2ccccc2Br)cc1. The van der Waals surface area contributed by atoms with E-state index in [1.807, 2.05) is 24.3 Å². The maximum absolute atomic E-state index is 11.8. The molecule has 1 N–H and O–H groups in total. The van der Waals surface area contributed by atoms with Crippen molar-refractivity contribution in [3.8, 4) is 5.75 Å². The molecule has 2 aromatic carbocycles. The lowest BCUT2D eigenvalue weighted by Gasteiger charge is -2.03. The van der Waals surface area contributed by atoms with Crippen LogP contribution in [0.4, 0.5) is 0 Å². The molecule has 25 heavy (non-hydrogen) atoms. The first kappa shape index (κ1) is 19.2. The first-order valence-electron chi connectivity index (χ1n) is 7.46. The van der Waals surface area contributed by atoms with Gasteiger partial charge in [-0.3, -0.25) is 9.59 Å². The van der Waals surface area contributed by atoms with Crippen LogP contribution >= 0.6 is 27.7 Å². The smallest absolute Gasteiger partial charge is 0.308 e. The Morgan fingerprint density at radius 3 is 2.60 bits per heavy atom. The molecule has 0 radical (unpaired) electrons. The summed E-state index contributed by atoms with van der Waals surface area (Å²) >= 11 is 5.00. The van der Waals surface area contributed by atoms with E-state index in [4.69, 9.17) is 4.74 Å². The fourth-order valence-electron chi connectivity index (χ4n) is 1.87. The molecule has 0 fully saturated rings. The molecule has 2 rings (SSSR count). The number of hydrogen-bond donors (Lipinski definition) is 1. The van der Waals surface area contributed by atoms with Crippen molar-refractivity contribution < 1.29 is 14.3 Å². The van der Waals surface area contributed by atoms with Crippen LogP contribution in [0.1, 0.15) is 18.1 Å². The van der Waals surface area contributed by atoms with E-state index in [-0.39, 0.29) is 11.9 Å². The van der Waals surface area contributed by atoms with Crippen molar-refractivity contribution in [1.82, 2.24) is 5.43 Å². The van der Waals surface area contributed by atoms with E-state index >= 15 is 0 Å². The highest BCUT2D eigenvalue weighted by atomic mass is 79.9. The third kappa shape index (κ3) is 7.11. The van der Waals surface area contributed by atoms with E-state index < -0.39 is 0 Å². The van der Waals surface area contributed by atoms with Crippen LogP contribution in [-0.2, 0) is 15.3 Å². The Hall–Kier alpha value is -2.12. The van der Waals surface area contributed by atoms with Crippen molar-refractivity contribution in [3.63, 3.8) is 0 Å². The summed E-state index contributed by atoms with van der Waals surface area (Å²) < 4.78 is 5.98. The van der Waals surface area contributed by atoms with Crippen LogP contribution in [-0.4, -0.2) is 23.8 Å². The number of nitrogens with one attached hydrogen (secondary N) is 1. The number of halogens is 1. The molecular formula is C18H17BrN2O3S. The highest BCUT2D eigenvalue weighted by Crippen LogP contribution is 2.21. The molecular weight excluding hydrogens is 404 g/mol. The molecule has 0 saturated carbocycles. The van der Waals surface area contributed by atoms with Gasteiger partial charge in [-0.2, -0.15) is 5.10 Å². The molecule has 5 nitrogen and oxygen atoms in total. The number of esters is 1. The second-order valence-electron chi connectivity index (χ2n) is 5.04. The van der Waals surface area contributed by atoms with Crippen LogP contribution < -0.4 is 10.2 Å². The van der Waals surface area contributed by atoms with Crippen LogP contribution in [0.5, 0.6) is 5.75 Å². The van der Waals surface area contributed by atoms with Gasteiger partial charge in [-0.05, 0) is 41.5 Å². The number of benzene rings is 2. The number of ether oxygens (including phenoxy) is 1. The van der Waals surface area contributed by atoms with Gasteiger partial charge in [0, 0.05) is 17.1 Å². The van der Waals surface area contributed by atoms with E-state index in [9.17, 15) is 9.59 Å². The van der Waals surface area contributed by atoms with Gasteiger partial charge in [0.1, 0.15) is 5.75 Å². The Labute approximate surface area is 159 Å². The summed E-state index contributed by atoms with van der Waals surface area (Å²) in [6.07, 6.45) is 1.54. The minimum Gasteiger partial charge on any atom is -0.427 e. The summed E-state index contributed by atoms with van der Waals surface area (Å²) in [4.78, 5) is 22.6. The Morgan fingerprint density at radius 2 is 1.92 bits per heavy atom. The lowest BCUT2D eigenvalue weighted by Crippen LogP contribution is -2.19. The molecule has 2 aromatic rings. The van der Waals surface area contributed by atoms with Crippen LogP contribution in [0.25, 0.3) is 0 Å². The van der Waals surface area contributed by atoms with Crippen molar-refractivity contribution in [1.29, 1.82) is 0 Å². The van der Waals surface area contributed by atoms with Gasteiger partial charge in [0.05, 0.1) is 12.0 Å². The monoisotopic (exact) mass is 420 g/mol. The molecule has 130 valence electrons. The van der Waals surface area contributed by atoms with E-state index in [0.29, 0.717) is 11.5 Å². The Bertz CT molecular complexity index is 763. The summed E-state index contributed by atoms with van der Waals surface area (Å²) in [6.45, 7) is 1.35. The predicted octanol–water partition coefficient (Wildman–Crippen LogP) is 3.76. The molecule has 0 unspecified atom stereocenters. The lowest BCUT2D eigenvalue weighted by atomic mass is 10.2. The number of hydrogen-bond acceptors (Lipinski definition) is 5. The van der Waals surface area contributed by atoms with E-state index in [1.165, 1.54) is 24.9 Å². The topological polar surface area (TPSA) is 67.8 Å². The van der Waals surface area contributed by atoms with Crippen molar-refractivity contribution in [2.45, 2.75) is 12.7 Å². The largest absolute Gasteiger partial charge is 0.427 e. The maximum Gasteiger partial charge on any atom is 0.308 e. The fraction of sp³-hybridized carbons (Fsp3) is 0.167. The molecule has 0 aromatic heterocycles. The van der Waals surface area contributed by atoms with Gasteiger partial charge >= 0.3 is 5.97 Å². The van der Waals surface area contributed by atoms with Crippen LogP contribution in [0.2, 0.25) is 0 Å². The van der Waals surface area contributed by atoms with Gasteiger partial charge in [0.15, 0.2) is 0 Å². The van der Waals surface area contributed by atoms with Crippen LogP contribution in [0.3, 0.4) is 0 Å². The third-order valence-electron chi connectivity index (χ3n) is 2.99. The summed E-state index contributed by atoms with van der Waals surface area (Å²) in [5.41, 5.74) is 4.43. The average Bonchev–Trinajstić information content (AvgIpc) is 2.58. The quantitative estimate of drug-likeness (QED) is 0.320. The normalized spacial score (nSPS) is 10.6. The first-order chi connectivity index (χ1) is 12.0. The molecule has 0 bridgehead atoms. The van der Waals surface area contributed by atoms with Crippen molar-refractivity contribution in [3.05, 3.63) is 64.1 Å². The second kappa shape index (κ2) is 10.0. The molecule has 1 amide bonds. The van der Waals surface area contributed by atoms with E-state index in [0.717, 1.165) is 21.4 Å². The number of carbonyl (C=O) groups excluding carboxylic acids is 2. The summed E-state index contributed by atoms with van der Waals surface area (Å²) in [7, 11) is 0. The molecule has 0 aliphatic heterocycles. The van der Waals surface area contributed by atoms with Crippen molar-refractivity contribution in [2.24, 2.45) is 5.10 Å². The minimum absolute atomic E-state index is 0.162. The zero-order chi connectivity index (χ0) is 18.1. The molecule has 0 spiro atoms. The number of nitrogens with zero attached hydrogens (tertiary/aromatic N) is 1. The zero-order valence-corrected chi connectivity index (χ0v) is 16.0. The highest BCUT2D eigenvalue weighted by molar-refractivity contribution is 9.10. The fourth-order valence-corrected chi connectivity index (χ4v) is 3.30. The number of rotatable bonds is 7. The van der Waals surface area contributed by atoms with Gasteiger partial charge in [-0.15, -0.1) is 11.8 Å². The van der Waals surface area contributed by atoms with Crippen LogP contribution in [0, 0.1) is 0 Å². The minimum atomic E-state index is -0.367. The van der Waals surface area contributed by atoms with Gasteiger partial charge in [0.2, 0.25) is 5.91 Å². The second-order valence-corrected chi connectivity index (χ2v) is 6.88. The lowest BCUT2D eigenvalue weighted by molar-refractivity contribution is -0.131.